The monoisotopic (exact) mass is 525 g/mol. The molecule has 5 rings (SSSR count). The molecule has 1 aromatic heterocycles. The molecule has 1 aromatic carbocycles. The Balaban J connectivity index is 1.14. The van der Waals surface area contributed by atoms with Crippen molar-refractivity contribution in [3.8, 4) is 0 Å². The van der Waals surface area contributed by atoms with Crippen LogP contribution in [0.3, 0.4) is 0 Å². The first kappa shape index (κ1) is 25.7. The van der Waals surface area contributed by atoms with Crippen molar-refractivity contribution in [1.82, 2.24) is 25.0 Å². The SMILES string of the molecule is CN1CCN(C(=O)N2CCC(c3csc(CNC(=O)C4(CC(=O)O)Cc5ccccc5C4)n3)CC2)CC1. The quantitative estimate of drug-likeness (QED) is 0.601. The van der Waals surface area contributed by atoms with E-state index in [0.717, 1.165) is 73.9 Å². The maximum atomic E-state index is 13.3. The van der Waals surface area contributed by atoms with Crippen LogP contribution in [0.25, 0.3) is 0 Å². The molecule has 9 nitrogen and oxygen atoms in total. The minimum absolute atomic E-state index is 0.151. The number of urea groups is 1. The van der Waals surface area contributed by atoms with Crippen LogP contribution in [0.5, 0.6) is 0 Å². The van der Waals surface area contributed by atoms with Gasteiger partial charge in [0.1, 0.15) is 5.01 Å². The zero-order valence-electron chi connectivity index (χ0n) is 21.3. The van der Waals surface area contributed by atoms with Crippen LogP contribution in [0.2, 0.25) is 0 Å². The van der Waals surface area contributed by atoms with Crippen molar-refractivity contribution in [2.24, 2.45) is 5.41 Å². The molecule has 0 saturated carbocycles. The highest BCUT2D eigenvalue weighted by atomic mass is 32.1. The summed E-state index contributed by atoms with van der Waals surface area (Å²) in [5.74, 6) is -0.879. The number of piperazine rings is 1. The van der Waals surface area contributed by atoms with Crippen LogP contribution < -0.4 is 5.32 Å². The smallest absolute Gasteiger partial charge is 0.320 e. The van der Waals surface area contributed by atoms with E-state index in [1.54, 1.807) is 0 Å². The second-order valence-corrected chi connectivity index (χ2v) is 11.6. The molecule has 37 heavy (non-hydrogen) atoms. The number of benzene rings is 1. The number of hydrogen-bond acceptors (Lipinski definition) is 6. The number of likely N-dealkylation sites (tertiary alicyclic amines) is 1. The number of rotatable bonds is 6. The summed E-state index contributed by atoms with van der Waals surface area (Å²) in [5.41, 5.74) is 2.16. The van der Waals surface area contributed by atoms with E-state index < -0.39 is 11.4 Å². The summed E-state index contributed by atoms with van der Waals surface area (Å²) in [6.45, 7) is 5.18. The van der Waals surface area contributed by atoms with Gasteiger partial charge >= 0.3 is 12.0 Å². The van der Waals surface area contributed by atoms with Crippen molar-refractivity contribution in [2.75, 3.05) is 46.3 Å². The third kappa shape index (κ3) is 5.65. The summed E-state index contributed by atoms with van der Waals surface area (Å²) < 4.78 is 0. The predicted octanol–water partition coefficient (Wildman–Crippen LogP) is 2.57. The topological polar surface area (TPSA) is 106 Å². The van der Waals surface area contributed by atoms with Crippen LogP contribution in [-0.2, 0) is 29.0 Å². The number of fused-ring (bicyclic) bond motifs is 1. The van der Waals surface area contributed by atoms with E-state index in [4.69, 9.17) is 4.98 Å². The third-order valence-corrected chi connectivity index (χ3v) is 8.94. The first-order chi connectivity index (χ1) is 17.8. The van der Waals surface area contributed by atoms with E-state index in [1.807, 2.05) is 34.1 Å². The molecule has 3 amide bonds. The van der Waals surface area contributed by atoms with Gasteiger partial charge in [0.25, 0.3) is 0 Å². The summed E-state index contributed by atoms with van der Waals surface area (Å²) in [7, 11) is 2.09. The lowest BCUT2D eigenvalue weighted by molar-refractivity contribution is -0.145. The number of likely N-dealkylation sites (N-methyl/N-ethyl adjacent to an activating group) is 1. The highest BCUT2D eigenvalue weighted by molar-refractivity contribution is 7.09. The zero-order valence-corrected chi connectivity index (χ0v) is 22.1. The van der Waals surface area contributed by atoms with Crippen molar-refractivity contribution in [3.63, 3.8) is 0 Å². The molecule has 3 aliphatic rings. The molecule has 0 spiro atoms. The lowest BCUT2D eigenvalue weighted by atomic mass is 9.80. The average Bonchev–Trinajstić information content (AvgIpc) is 3.52. The number of carbonyl (C=O) groups excluding carboxylic acids is 2. The van der Waals surface area contributed by atoms with Gasteiger partial charge in [-0.1, -0.05) is 24.3 Å². The van der Waals surface area contributed by atoms with Gasteiger partial charge in [0, 0.05) is 50.6 Å². The average molecular weight is 526 g/mol. The van der Waals surface area contributed by atoms with Crippen molar-refractivity contribution >= 4 is 29.2 Å². The number of carbonyl (C=O) groups is 3. The normalized spacial score (nSPS) is 20.0. The van der Waals surface area contributed by atoms with E-state index in [2.05, 4.69) is 22.6 Å². The second-order valence-electron chi connectivity index (χ2n) is 10.7. The fourth-order valence-corrected chi connectivity index (χ4v) is 6.67. The van der Waals surface area contributed by atoms with Gasteiger partial charge in [0.15, 0.2) is 0 Å². The summed E-state index contributed by atoms with van der Waals surface area (Å²) in [6.07, 6.45) is 2.46. The number of amides is 3. The number of nitrogens with one attached hydrogen (secondary N) is 1. The molecule has 0 bridgehead atoms. The number of aromatic nitrogens is 1. The Labute approximate surface area is 221 Å². The molecule has 0 unspecified atom stereocenters. The molecule has 3 heterocycles. The first-order valence-electron chi connectivity index (χ1n) is 13.1. The van der Waals surface area contributed by atoms with Crippen LogP contribution in [0.15, 0.2) is 29.6 Å². The number of carboxylic acid groups (broad SMARTS) is 1. The Morgan fingerprint density at radius 1 is 1.03 bits per heavy atom. The van der Waals surface area contributed by atoms with Gasteiger partial charge in [0.2, 0.25) is 5.91 Å². The van der Waals surface area contributed by atoms with Crippen molar-refractivity contribution in [3.05, 3.63) is 51.5 Å². The minimum atomic E-state index is -0.961. The van der Waals surface area contributed by atoms with Crippen LogP contribution in [0.1, 0.15) is 47.0 Å². The Morgan fingerprint density at radius 2 is 1.65 bits per heavy atom. The summed E-state index contributed by atoms with van der Waals surface area (Å²) in [6, 6.07) is 7.96. The second kappa shape index (κ2) is 10.8. The molecule has 2 fully saturated rings. The highest BCUT2D eigenvalue weighted by Gasteiger charge is 2.45. The van der Waals surface area contributed by atoms with Crippen molar-refractivity contribution in [1.29, 1.82) is 0 Å². The van der Waals surface area contributed by atoms with E-state index in [9.17, 15) is 19.5 Å². The van der Waals surface area contributed by atoms with Gasteiger partial charge in [-0.2, -0.15) is 0 Å². The number of carboxylic acids is 1. The summed E-state index contributed by atoms with van der Waals surface area (Å²) in [5, 5.41) is 15.4. The summed E-state index contributed by atoms with van der Waals surface area (Å²) >= 11 is 1.52. The van der Waals surface area contributed by atoms with Gasteiger partial charge < -0.3 is 25.1 Å². The molecular weight excluding hydrogens is 490 g/mol. The molecule has 2 aliphatic heterocycles. The highest BCUT2D eigenvalue weighted by Crippen LogP contribution is 2.40. The van der Waals surface area contributed by atoms with E-state index in [-0.39, 0.29) is 18.4 Å². The number of hydrogen-bond donors (Lipinski definition) is 2. The maximum Gasteiger partial charge on any atom is 0.320 e. The lowest BCUT2D eigenvalue weighted by Gasteiger charge is -2.38. The van der Waals surface area contributed by atoms with E-state index in [0.29, 0.717) is 25.3 Å². The molecule has 0 atom stereocenters. The van der Waals surface area contributed by atoms with Gasteiger partial charge in [-0.15, -0.1) is 11.3 Å². The fraction of sp³-hybridized carbons (Fsp3) is 0.556. The number of nitrogens with zero attached hydrogens (tertiary/aromatic N) is 4. The molecule has 198 valence electrons. The van der Waals surface area contributed by atoms with Crippen molar-refractivity contribution in [2.45, 2.75) is 44.6 Å². The largest absolute Gasteiger partial charge is 0.481 e. The summed E-state index contributed by atoms with van der Waals surface area (Å²) in [4.78, 5) is 48.7. The molecule has 2 saturated heterocycles. The first-order valence-corrected chi connectivity index (χ1v) is 13.9. The minimum Gasteiger partial charge on any atom is -0.481 e. The maximum absolute atomic E-state index is 13.3. The molecule has 0 radical (unpaired) electrons. The van der Waals surface area contributed by atoms with Crippen molar-refractivity contribution < 1.29 is 19.5 Å². The van der Waals surface area contributed by atoms with Gasteiger partial charge in [-0.05, 0) is 43.9 Å². The van der Waals surface area contributed by atoms with Gasteiger partial charge in [0.05, 0.1) is 24.1 Å². The molecule has 1 aliphatic carbocycles. The van der Waals surface area contributed by atoms with Crippen LogP contribution >= 0.6 is 11.3 Å². The molecule has 10 heteroatoms. The third-order valence-electron chi connectivity index (χ3n) is 8.07. The van der Waals surface area contributed by atoms with Gasteiger partial charge in [-0.3, -0.25) is 9.59 Å². The molecule has 2 aromatic rings. The Bertz CT molecular complexity index is 1130. The van der Waals surface area contributed by atoms with Crippen LogP contribution in [0.4, 0.5) is 4.79 Å². The standard InChI is InChI=1S/C27H35N5O4S/c1-30-10-12-32(13-11-30)26(36)31-8-6-19(7-9-31)22-18-37-23(29-22)17-28-25(35)27(16-24(33)34)14-20-4-2-3-5-21(20)15-27/h2-5,18-19H,6-17H2,1H3,(H,28,35)(H,33,34). The van der Waals surface area contributed by atoms with Gasteiger partial charge in [-0.25, -0.2) is 9.78 Å². The van der Waals surface area contributed by atoms with Crippen LogP contribution in [-0.4, -0.2) is 89.0 Å². The lowest BCUT2D eigenvalue weighted by Crippen LogP contribution is -2.53. The Morgan fingerprint density at radius 3 is 2.27 bits per heavy atom. The molecule has 2 N–H and O–H groups in total. The Hall–Kier alpha value is -2.98. The number of thiazole rings is 1. The number of piperidine rings is 1. The van der Waals surface area contributed by atoms with E-state index in [1.165, 1.54) is 11.3 Å². The number of aliphatic carboxylic acids is 1. The van der Waals surface area contributed by atoms with Crippen LogP contribution in [0, 0.1) is 5.41 Å². The Kier molecular flexibility index (Phi) is 7.48. The zero-order chi connectivity index (χ0) is 26.0. The predicted molar refractivity (Wildman–Crippen MR) is 141 cm³/mol. The molecular formula is C27H35N5O4S. The van der Waals surface area contributed by atoms with E-state index >= 15 is 0 Å². The fourth-order valence-electron chi connectivity index (χ4n) is 5.85.